The highest BCUT2D eigenvalue weighted by atomic mass is 32.2. The van der Waals surface area contributed by atoms with E-state index >= 15 is 0 Å². The van der Waals surface area contributed by atoms with Crippen molar-refractivity contribution in [1.29, 1.82) is 0 Å². The molecule has 0 saturated carbocycles. The van der Waals surface area contributed by atoms with Crippen LogP contribution in [0, 0.1) is 0 Å². The summed E-state index contributed by atoms with van der Waals surface area (Å²) in [5, 5.41) is 10.7. The lowest BCUT2D eigenvalue weighted by Crippen LogP contribution is -2.26. The van der Waals surface area contributed by atoms with Gasteiger partial charge in [-0.05, 0) is 25.3 Å². The van der Waals surface area contributed by atoms with Gasteiger partial charge in [0.05, 0.1) is 5.75 Å². The Balaban J connectivity index is 2.00. The summed E-state index contributed by atoms with van der Waals surface area (Å²) in [7, 11) is 0. The molecule has 1 N–H and O–H groups in total. The van der Waals surface area contributed by atoms with Crippen LogP contribution < -0.4 is 5.32 Å². The van der Waals surface area contributed by atoms with Crippen LogP contribution in [-0.2, 0) is 5.75 Å². The van der Waals surface area contributed by atoms with Crippen LogP contribution in [0.25, 0.3) is 0 Å². The van der Waals surface area contributed by atoms with Crippen molar-refractivity contribution >= 4 is 17.7 Å². The Morgan fingerprint density at radius 1 is 1.24 bits per heavy atom. The summed E-state index contributed by atoms with van der Waals surface area (Å²) in [6, 6.07) is 3.10. The normalized spacial score (nSPS) is 12.6. The predicted molar refractivity (Wildman–Crippen MR) is 80.2 cm³/mol. The zero-order valence-corrected chi connectivity index (χ0v) is 13.4. The Bertz CT molecular complexity index is 606. The molecule has 2 rings (SSSR count). The summed E-state index contributed by atoms with van der Waals surface area (Å²) in [5.41, 5.74) is 0. The Hall–Kier alpha value is -1.76. The predicted octanol–water partition coefficient (Wildman–Crippen LogP) is 3.14. The van der Waals surface area contributed by atoms with Gasteiger partial charge in [0.15, 0.2) is 5.76 Å². The van der Waals surface area contributed by atoms with Crippen LogP contribution in [0.3, 0.4) is 0 Å². The fraction of sp³-hybridized carbons (Fsp3) is 0.500. The highest BCUT2D eigenvalue weighted by Crippen LogP contribution is 2.18. The molecule has 21 heavy (non-hydrogen) atoms. The number of furan rings is 1. The van der Waals surface area contributed by atoms with E-state index in [1.54, 1.807) is 30.8 Å². The molecule has 0 aromatic carbocycles. The minimum Gasteiger partial charge on any atom is -0.455 e. The lowest BCUT2D eigenvalue weighted by Gasteiger charge is -2.08. The maximum absolute atomic E-state index is 12.1. The first-order valence-corrected chi connectivity index (χ1v) is 8.12. The van der Waals surface area contributed by atoms with E-state index in [0.29, 0.717) is 11.8 Å². The molecular formula is C14H19N3O3S. The van der Waals surface area contributed by atoms with Crippen LogP contribution in [0.1, 0.15) is 60.8 Å². The second kappa shape index (κ2) is 6.80. The van der Waals surface area contributed by atoms with Gasteiger partial charge < -0.3 is 14.2 Å². The molecule has 1 amide bonds. The SMILES string of the molecule is CSCc1ccc(C(=O)N[C@H](C)c2nnc(C(C)C)o2)o1. The van der Waals surface area contributed by atoms with Crippen LogP contribution in [0.2, 0.25) is 0 Å². The quantitative estimate of drug-likeness (QED) is 0.883. The average Bonchev–Trinajstić information content (AvgIpc) is 3.07. The van der Waals surface area contributed by atoms with E-state index in [2.05, 4.69) is 15.5 Å². The first-order valence-electron chi connectivity index (χ1n) is 6.73. The topological polar surface area (TPSA) is 81.2 Å². The molecule has 114 valence electrons. The maximum Gasteiger partial charge on any atom is 0.287 e. The van der Waals surface area contributed by atoms with Crippen LogP contribution >= 0.6 is 11.8 Å². The van der Waals surface area contributed by atoms with Gasteiger partial charge in [0.25, 0.3) is 5.91 Å². The zero-order valence-electron chi connectivity index (χ0n) is 12.5. The fourth-order valence-electron chi connectivity index (χ4n) is 1.70. The van der Waals surface area contributed by atoms with Gasteiger partial charge in [0.2, 0.25) is 11.8 Å². The van der Waals surface area contributed by atoms with E-state index in [-0.39, 0.29) is 23.6 Å². The Morgan fingerprint density at radius 3 is 2.57 bits per heavy atom. The summed E-state index contributed by atoms with van der Waals surface area (Å²) in [6.07, 6.45) is 1.98. The summed E-state index contributed by atoms with van der Waals surface area (Å²) in [4.78, 5) is 12.1. The van der Waals surface area contributed by atoms with E-state index in [9.17, 15) is 4.79 Å². The summed E-state index contributed by atoms with van der Waals surface area (Å²) in [5.74, 6) is 2.63. The van der Waals surface area contributed by atoms with Crippen molar-refractivity contribution in [1.82, 2.24) is 15.5 Å². The number of rotatable bonds is 6. The van der Waals surface area contributed by atoms with Gasteiger partial charge in [-0.2, -0.15) is 11.8 Å². The number of nitrogens with zero attached hydrogens (tertiary/aromatic N) is 2. The number of carbonyl (C=O) groups is 1. The molecule has 0 bridgehead atoms. The molecule has 2 heterocycles. The molecule has 1 atom stereocenters. The number of thioether (sulfide) groups is 1. The van der Waals surface area contributed by atoms with Gasteiger partial charge in [-0.25, -0.2) is 0 Å². The van der Waals surface area contributed by atoms with Crippen LogP contribution in [-0.4, -0.2) is 22.4 Å². The number of hydrogen-bond donors (Lipinski definition) is 1. The third-order valence-corrected chi connectivity index (χ3v) is 3.41. The smallest absolute Gasteiger partial charge is 0.287 e. The van der Waals surface area contributed by atoms with E-state index in [1.807, 2.05) is 20.1 Å². The molecule has 2 aromatic rings. The van der Waals surface area contributed by atoms with Gasteiger partial charge >= 0.3 is 0 Å². The van der Waals surface area contributed by atoms with E-state index in [0.717, 1.165) is 11.5 Å². The van der Waals surface area contributed by atoms with Gasteiger partial charge in [-0.15, -0.1) is 10.2 Å². The molecule has 0 aliphatic heterocycles. The van der Waals surface area contributed by atoms with E-state index in [1.165, 1.54) is 0 Å². The summed E-state index contributed by atoms with van der Waals surface area (Å²) >= 11 is 1.64. The molecule has 0 aliphatic rings. The number of aromatic nitrogens is 2. The van der Waals surface area contributed by atoms with Crippen molar-refractivity contribution in [3.8, 4) is 0 Å². The number of hydrogen-bond acceptors (Lipinski definition) is 6. The second-order valence-corrected chi connectivity index (χ2v) is 5.89. The number of amides is 1. The molecule has 0 saturated heterocycles. The number of carbonyl (C=O) groups excluding carboxylic acids is 1. The van der Waals surface area contributed by atoms with Crippen molar-refractivity contribution in [2.75, 3.05) is 6.26 Å². The minimum absolute atomic E-state index is 0.160. The molecule has 0 radical (unpaired) electrons. The van der Waals surface area contributed by atoms with Crippen molar-refractivity contribution in [3.05, 3.63) is 35.4 Å². The second-order valence-electron chi connectivity index (χ2n) is 5.03. The standard InChI is InChI=1S/C14H19N3O3S/c1-8(2)13-16-17-14(20-13)9(3)15-12(18)11-6-5-10(19-11)7-21-4/h5-6,8-9H,7H2,1-4H3,(H,15,18)/t9-/m1/s1. The molecule has 0 fully saturated rings. The third kappa shape index (κ3) is 3.87. The highest BCUT2D eigenvalue weighted by molar-refractivity contribution is 7.97. The minimum atomic E-state index is -0.369. The van der Waals surface area contributed by atoms with Crippen molar-refractivity contribution in [2.24, 2.45) is 0 Å². The largest absolute Gasteiger partial charge is 0.455 e. The van der Waals surface area contributed by atoms with Crippen molar-refractivity contribution in [3.63, 3.8) is 0 Å². The van der Waals surface area contributed by atoms with E-state index < -0.39 is 0 Å². The first kappa shape index (κ1) is 15.6. The highest BCUT2D eigenvalue weighted by Gasteiger charge is 2.20. The lowest BCUT2D eigenvalue weighted by molar-refractivity contribution is 0.0904. The fourth-order valence-corrected chi connectivity index (χ4v) is 2.14. The van der Waals surface area contributed by atoms with Gasteiger partial charge in [0, 0.05) is 5.92 Å². The monoisotopic (exact) mass is 309 g/mol. The molecule has 0 unspecified atom stereocenters. The van der Waals surface area contributed by atoms with Gasteiger partial charge in [0.1, 0.15) is 11.8 Å². The Labute approximate surface area is 127 Å². The average molecular weight is 309 g/mol. The lowest BCUT2D eigenvalue weighted by atomic mass is 10.2. The summed E-state index contributed by atoms with van der Waals surface area (Å²) < 4.78 is 11.0. The molecule has 7 heteroatoms. The van der Waals surface area contributed by atoms with Crippen molar-refractivity contribution in [2.45, 2.75) is 38.5 Å². The Morgan fingerprint density at radius 2 is 1.95 bits per heavy atom. The molecule has 6 nitrogen and oxygen atoms in total. The number of nitrogens with one attached hydrogen (secondary N) is 1. The van der Waals surface area contributed by atoms with E-state index in [4.69, 9.17) is 8.83 Å². The Kier molecular flexibility index (Phi) is 5.06. The first-order chi connectivity index (χ1) is 10.0. The van der Waals surface area contributed by atoms with Crippen LogP contribution in [0.5, 0.6) is 0 Å². The van der Waals surface area contributed by atoms with Crippen LogP contribution in [0.4, 0.5) is 0 Å². The van der Waals surface area contributed by atoms with Crippen molar-refractivity contribution < 1.29 is 13.6 Å². The molecule has 0 aliphatic carbocycles. The maximum atomic E-state index is 12.1. The summed E-state index contributed by atoms with van der Waals surface area (Å²) in [6.45, 7) is 5.73. The van der Waals surface area contributed by atoms with Gasteiger partial charge in [-0.1, -0.05) is 13.8 Å². The molecule has 0 spiro atoms. The van der Waals surface area contributed by atoms with Crippen LogP contribution in [0.15, 0.2) is 21.0 Å². The molecule has 2 aromatic heterocycles. The molecular weight excluding hydrogens is 290 g/mol. The zero-order chi connectivity index (χ0) is 15.4. The van der Waals surface area contributed by atoms with Gasteiger partial charge in [-0.3, -0.25) is 4.79 Å². The third-order valence-electron chi connectivity index (χ3n) is 2.84.